The second-order valence-corrected chi connectivity index (χ2v) is 8.86. The van der Waals surface area contributed by atoms with Gasteiger partial charge in [-0.3, -0.25) is 9.59 Å². The van der Waals surface area contributed by atoms with Gasteiger partial charge in [-0.1, -0.05) is 52.0 Å². The fourth-order valence-corrected chi connectivity index (χ4v) is 2.30. The molecule has 1 atom stereocenters. The molecule has 1 unspecified atom stereocenters. The number of hydrogen-bond acceptors (Lipinski definition) is 4. The van der Waals surface area contributed by atoms with Crippen LogP contribution in [0.5, 0.6) is 0 Å². The molecule has 0 heterocycles. The molecule has 0 aromatic heterocycles. The zero-order chi connectivity index (χ0) is 20.8. The maximum Gasteiger partial charge on any atom is 0.312 e. The lowest BCUT2D eigenvalue weighted by Crippen LogP contribution is -2.28. The molecule has 27 heavy (non-hydrogen) atoms. The van der Waals surface area contributed by atoms with Crippen LogP contribution in [-0.4, -0.2) is 11.9 Å². The molecule has 4 heteroatoms. The zero-order valence-corrected chi connectivity index (χ0v) is 18.2. The Morgan fingerprint density at radius 1 is 0.889 bits per heavy atom. The first-order valence-electron chi connectivity index (χ1n) is 9.91. The summed E-state index contributed by atoms with van der Waals surface area (Å²) in [6.07, 6.45) is 1.17. The van der Waals surface area contributed by atoms with Crippen molar-refractivity contribution in [2.24, 2.45) is 16.7 Å². The minimum Gasteiger partial charge on any atom is -0.460 e. The lowest BCUT2D eigenvalue weighted by atomic mass is 9.90. The number of ether oxygens (including phenoxy) is 2. The van der Waals surface area contributed by atoms with Gasteiger partial charge < -0.3 is 9.47 Å². The average molecular weight is 377 g/mol. The number of carbonyl (C=O) groups is 2. The molecule has 1 rings (SSSR count). The smallest absolute Gasteiger partial charge is 0.312 e. The molecule has 152 valence electrons. The van der Waals surface area contributed by atoms with Gasteiger partial charge in [-0.25, -0.2) is 0 Å². The Balaban J connectivity index is 2.82. The van der Waals surface area contributed by atoms with E-state index in [-0.39, 0.29) is 30.6 Å². The van der Waals surface area contributed by atoms with Crippen molar-refractivity contribution in [1.82, 2.24) is 0 Å². The van der Waals surface area contributed by atoms with E-state index < -0.39 is 10.8 Å². The molecule has 0 aliphatic carbocycles. The van der Waals surface area contributed by atoms with Gasteiger partial charge in [0, 0.05) is 0 Å². The summed E-state index contributed by atoms with van der Waals surface area (Å²) in [5.74, 6) is -0.205. The van der Waals surface area contributed by atoms with Gasteiger partial charge in [0.1, 0.15) is 12.7 Å². The van der Waals surface area contributed by atoms with E-state index in [4.69, 9.17) is 9.47 Å². The second kappa shape index (κ2) is 9.38. The molecule has 0 spiro atoms. The van der Waals surface area contributed by atoms with Crippen LogP contribution in [0.25, 0.3) is 0 Å². The van der Waals surface area contributed by atoms with E-state index >= 15 is 0 Å². The third-order valence-electron chi connectivity index (χ3n) is 5.39. The average Bonchev–Trinajstić information content (AvgIpc) is 2.63. The maximum absolute atomic E-state index is 12.5. The third kappa shape index (κ3) is 6.37. The molecule has 4 nitrogen and oxygen atoms in total. The van der Waals surface area contributed by atoms with Crippen LogP contribution in [0.1, 0.15) is 85.5 Å². The van der Waals surface area contributed by atoms with Crippen LogP contribution >= 0.6 is 0 Å². The highest BCUT2D eigenvalue weighted by molar-refractivity contribution is 5.76. The summed E-state index contributed by atoms with van der Waals surface area (Å²) in [5.41, 5.74) is 0.909. The Morgan fingerprint density at radius 3 is 1.81 bits per heavy atom. The van der Waals surface area contributed by atoms with Crippen molar-refractivity contribution in [3.05, 3.63) is 35.4 Å². The molecular weight excluding hydrogens is 340 g/mol. The molecule has 0 amide bonds. The SMILES string of the molecule is CCC(C)(C)C(=O)OCc1ccc(C(OC(=O)C(C)(C)CC)C(C)C)cc1. The maximum atomic E-state index is 12.5. The van der Waals surface area contributed by atoms with Gasteiger partial charge in [-0.05, 0) is 57.6 Å². The van der Waals surface area contributed by atoms with Crippen molar-refractivity contribution in [1.29, 1.82) is 0 Å². The van der Waals surface area contributed by atoms with Crippen LogP contribution < -0.4 is 0 Å². The number of rotatable bonds is 9. The summed E-state index contributed by atoms with van der Waals surface area (Å²) in [6, 6.07) is 7.75. The van der Waals surface area contributed by atoms with Crippen LogP contribution in [0.15, 0.2) is 24.3 Å². The minimum atomic E-state index is -0.493. The number of benzene rings is 1. The lowest BCUT2D eigenvalue weighted by molar-refractivity contribution is -0.162. The fraction of sp³-hybridized carbons (Fsp3) is 0.652. The standard InChI is InChI=1S/C23H36O4/c1-9-22(5,6)20(24)26-15-17-11-13-18(14-12-17)19(16(3)4)27-21(25)23(7,8)10-2/h11-14,16,19H,9-10,15H2,1-8H3. The highest BCUT2D eigenvalue weighted by Gasteiger charge is 2.31. The first-order valence-corrected chi connectivity index (χ1v) is 9.91. The summed E-state index contributed by atoms with van der Waals surface area (Å²) in [7, 11) is 0. The van der Waals surface area contributed by atoms with Gasteiger partial charge in [-0.15, -0.1) is 0 Å². The summed E-state index contributed by atoms with van der Waals surface area (Å²) >= 11 is 0. The topological polar surface area (TPSA) is 52.6 Å². The van der Waals surface area contributed by atoms with Crippen LogP contribution in [-0.2, 0) is 25.7 Å². The summed E-state index contributed by atoms with van der Waals surface area (Å²) in [4.78, 5) is 24.6. The number of carbonyl (C=O) groups excluding carboxylic acids is 2. The first-order chi connectivity index (χ1) is 12.4. The van der Waals surface area contributed by atoms with Gasteiger partial charge in [0.15, 0.2) is 0 Å². The van der Waals surface area contributed by atoms with E-state index in [0.717, 1.165) is 24.0 Å². The monoisotopic (exact) mass is 376 g/mol. The van der Waals surface area contributed by atoms with E-state index in [9.17, 15) is 9.59 Å². The Bertz CT molecular complexity index is 626. The third-order valence-corrected chi connectivity index (χ3v) is 5.39. The molecule has 0 saturated carbocycles. The van der Waals surface area contributed by atoms with Crippen molar-refractivity contribution in [3.63, 3.8) is 0 Å². The molecule has 0 bridgehead atoms. The molecule has 0 saturated heterocycles. The van der Waals surface area contributed by atoms with Gasteiger partial charge in [0.25, 0.3) is 0 Å². The minimum absolute atomic E-state index is 0.163. The highest BCUT2D eigenvalue weighted by atomic mass is 16.5. The quantitative estimate of drug-likeness (QED) is 0.508. The summed E-state index contributed by atoms with van der Waals surface area (Å²) in [5, 5.41) is 0. The Morgan fingerprint density at radius 2 is 1.37 bits per heavy atom. The Labute approximate surface area is 164 Å². The summed E-state index contributed by atoms with van der Waals surface area (Å²) in [6.45, 7) is 15.9. The van der Waals surface area contributed by atoms with Crippen molar-refractivity contribution in [2.45, 2.75) is 80.9 Å². The number of hydrogen-bond donors (Lipinski definition) is 0. The fourth-order valence-electron chi connectivity index (χ4n) is 2.30. The van der Waals surface area contributed by atoms with Gasteiger partial charge >= 0.3 is 11.9 Å². The number of esters is 2. The molecule has 0 aliphatic rings. The van der Waals surface area contributed by atoms with Crippen LogP contribution in [0.3, 0.4) is 0 Å². The Hall–Kier alpha value is -1.84. The normalized spacial score (nSPS) is 13.4. The molecule has 1 aromatic rings. The zero-order valence-electron chi connectivity index (χ0n) is 18.2. The van der Waals surface area contributed by atoms with E-state index in [2.05, 4.69) is 0 Å². The second-order valence-electron chi connectivity index (χ2n) is 8.86. The van der Waals surface area contributed by atoms with E-state index in [0.29, 0.717) is 0 Å². The van der Waals surface area contributed by atoms with Crippen molar-refractivity contribution in [3.8, 4) is 0 Å². The van der Waals surface area contributed by atoms with Crippen LogP contribution in [0, 0.1) is 16.7 Å². The largest absolute Gasteiger partial charge is 0.460 e. The first kappa shape index (κ1) is 23.2. The Kier molecular flexibility index (Phi) is 8.06. The van der Waals surface area contributed by atoms with E-state index in [1.54, 1.807) is 0 Å². The predicted octanol–water partition coefficient (Wildman–Crippen LogP) is 5.84. The van der Waals surface area contributed by atoms with Gasteiger partial charge in [0.2, 0.25) is 0 Å². The van der Waals surface area contributed by atoms with Crippen molar-refractivity contribution >= 4 is 11.9 Å². The predicted molar refractivity (Wildman–Crippen MR) is 108 cm³/mol. The van der Waals surface area contributed by atoms with Gasteiger partial charge in [-0.2, -0.15) is 0 Å². The molecule has 0 aliphatic heterocycles. The van der Waals surface area contributed by atoms with Gasteiger partial charge in [0.05, 0.1) is 10.8 Å². The lowest BCUT2D eigenvalue weighted by Gasteiger charge is -2.28. The van der Waals surface area contributed by atoms with Crippen LogP contribution in [0.4, 0.5) is 0 Å². The van der Waals surface area contributed by atoms with E-state index in [1.165, 1.54) is 0 Å². The molecule has 0 fully saturated rings. The molecule has 0 N–H and O–H groups in total. The molecule has 1 aromatic carbocycles. The van der Waals surface area contributed by atoms with Crippen LogP contribution in [0.2, 0.25) is 0 Å². The summed E-state index contributed by atoms with van der Waals surface area (Å²) < 4.78 is 11.3. The van der Waals surface area contributed by atoms with Crippen molar-refractivity contribution in [2.75, 3.05) is 0 Å². The van der Waals surface area contributed by atoms with Crippen molar-refractivity contribution < 1.29 is 19.1 Å². The molecular formula is C23H36O4. The molecule has 0 radical (unpaired) electrons. The highest BCUT2D eigenvalue weighted by Crippen LogP contribution is 2.31. The van der Waals surface area contributed by atoms with E-state index in [1.807, 2.05) is 79.7 Å².